The summed E-state index contributed by atoms with van der Waals surface area (Å²) in [4.78, 5) is 20.7. The molecular weight excluding hydrogens is 463 g/mol. The van der Waals surface area contributed by atoms with Crippen molar-refractivity contribution in [3.8, 4) is 5.75 Å². The maximum absolute atomic E-state index is 12.9. The molecule has 1 fully saturated rings. The Hall–Kier alpha value is -2.07. The standard InChI is InChI=1S/C20H24Cl2N4O4S/c1-31(28,29)10-9-25-5-7-26(8-6-25)20(27)14-11-18(19(23)24-12-14)30-13-15-16(21)3-2-4-17(15)22/h2-4,11-12H,5-10,13H2,1H3,(H2,23,24). The number of piperazine rings is 1. The Kier molecular flexibility index (Phi) is 7.64. The van der Waals surface area contributed by atoms with Gasteiger partial charge in [-0.1, -0.05) is 29.3 Å². The van der Waals surface area contributed by atoms with Gasteiger partial charge in [-0.15, -0.1) is 0 Å². The first-order chi connectivity index (χ1) is 14.6. The number of rotatable bonds is 7. The SMILES string of the molecule is CS(=O)(=O)CCN1CCN(C(=O)c2cnc(N)c(OCc3c(Cl)cccc3Cl)c2)CC1. The number of nitrogen functional groups attached to an aromatic ring is 1. The van der Waals surface area contributed by atoms with Crippen LogP contribution in [0.2, 0.25) is 10.0 Å². The number of carbonyl (C=O) groups is 1. The van der Waals surface area contributed by atoms with E-state index in [1.165, 1.54) is 12.5 Å². The number of amides is 1. The van der Waals surface area contributed by atoms with Crippen LogP contribution in [0.15, 0.2) is 30.5 Å². The predicted molar refractivity (Wildman–Crippen MR) is 121 cm³/mol. The summed E-state index contributed by atoms with van der Waals surface area (Å²) in [5.41, 5.74) is 6.89. The van der Waals surface area contributed by atoms with Gasteiger partial charge in [-0.2, -0.15) is 0 Å². The third-order valence-corrected chi connectivity index (χ3v) is 6.63. The number of hydrogen-bond donors (Lipinski definition) is 1. The van der Waals surface area contributed by atoms with Crippen LogP contribution in [0.1, 0.15) is 15.9 Å². The molecule has 1 saturated heterocycles. The van der Waals surface area contributed by atoms with Gasteiger partial charge in [-0.25, -0.2) is 13.4 Å². The Bertz CT molecular complexity index is 1040. The third-order valence-electron chi connectivity index (χ3n) is 5.00. The highest BCUT2D eigenvalue weighted by atomic mass is 35.5. The highest BCUT2D eigenvalue weighted by Gasteiger charge is 2.23. The molecule has 1 aromatic heterocycles. The van der Waals surface area contributed by atoms with Crippen LogP contribution in [0.5, 0.6) is 5.75 Å². The Morgan fingerprint density at radius 3 is 2.45 bits per heavy atom. The van der Waals surface area contributed by atoms with Gasteiger partial charge in [0, 0.05) is 60.8 Å². The molecule has 0 radical (unpaired) electrons. The zero-order valence-electron chi connectivity index (χ0n) is 17.1. The smallest absolute Gasteiger partial charge is 0.255 e. The first-order valence-electron chi connectivity index (χ1n) is 9.64. The minimum atomic E-state index is -3.01. The van der Waals surface area contributed by atoms with Gasteiger partial charge in [-0.05, 0) is 18.2 Å². The molecule has 11 heteroatoms. The molecular formula is C20H24Cl2N4O4S. The number of anilines is 1. The summed E-state index contributed by atoms with van der Waals surface area (Å²) in [5, 5.41) is 0.944. The summed E-state index contributed by atoms with van der Waals surface area (Å²) in [5.74, 6) is 0.355. The van der Waals surface area contributed by atoms with Crippen molar-refractivity contribution >= 4 is 44.8 Å². The molecule has 0 aliphatic carbocycles. The van der Waals surface area contributed by atoms with Crippen LogP contribution in [-0.4, -0.2) is 73.8 Å². The summed E-state index contributed by atoms with van der Waals surface area (Å²) >= 11 is 12.3. The van der Waals surface area contributed by atoms with E-state index < -0.39 is 9.84 Å². The first kappa shape index (κ1) is 23.6. The van der Waals surface area contributed by atoms with Gasteiger partial charge in [0.1, 0.15) is 16.4 Å². The molecule has 1 amide bonds. The number of ether oxygens (including phenoxy) is 1. The Labute approximate surface area is 191 Å². The van der Waals surface area contributed by atoms with Gasteiger partial charge in [0.15, 0.2) is 11.6 Å². The van der Waals surface area contributed by atoms with Gasteiger partial charge in [-0.3, -0.25) is 9.69 Å². The molecule has 8 nitrogen and oxygen atoms in total. The van der Waals surface area contributed by atoms with E-state index in [2.05, 4.69) is 4.98 Å². The van der Waals surface area contributed by atoms with E-state index in [0.29, 0.717) is 53.9 Å². The van der Waals surface area contributed by atoms with E-state index >= 15 is 0 Å². The second-order valence-electron chi connectivity index (χ2n) is 7.36. The Morgan fingerprint density at radius 2 is 1.84 bits per heavy atom. The van der Waals surface area contributed by atoms with Gasteiger partial charge in [0.25, 0.3) is 5.91 Å². The molecule has 168 valence electrons. The number of pyridine rings is 1. The lowest BCUT2D eigenvalue weighted by atomic mass is 10.2. The van der Waals surface area contributed by atoms with Crippen LogP contribution < -0.4 is 10.5 Å². The minimum Gasteiger partial charge on any atom is -0.485 e. The van der Waals surface area contributed by atoms with Gasteiger partial charge >= 0.3 is 0 Å². The van der Waals surface area contributed by atoms with Gasteiger partial charge in [0.2, 0.25) is 0 Å². The van der Waals surface area contributed by atoms with Crippen LogP contribution in [-0.2, 0) is 16.4 Å². The van der Waals surface area contributed by atoms with Crippen LogP contribution >= 0.6 is 23.2 Å². The normalized spacial score (nSPS) is 15.1. The highest BCUT2D eigenvalue weighted by Crippen LogP contribution is 2.28. The number of benzene rings is 1. The van der Waals surface area contributed by atoms with E-state index in [4.69, 9.17) is 33.7 Å². The van der Waals surface area contributed by atoms with Gasteiger partial charge in [0.05, 0.1) is 11.3 Å². The monoisotopic (exact) mass is 486 g/mol. The average Bonchev–Trinajstić information content (AvgIpc) is 2.72. The number of nitrogens with two attached hydrogens (primary N) is 1. The fourth-order valence-corrected chi connectivity index (χ4v) is 4.26. The first-order valence-corrected chi connectivity index (χ1v) is 12.5. The zero-order chi connectivity index (χ0) is 22.6. The number of nitrogens with zero attached hydrogens (tertiary/aromatic N) is 3. The largest absolute Gasteiger partial charge is 0.485 e. The molecule has 0 saturated carbocycles. The Morgan fingerprint density at radius 1 is 1.19 bits per heavy atom. The molecule has 3 rings (SSSR count). The molecule has 0 atom stereocenters. The van der Waals surface area contributed by atoms with E-state index in [9.17, 15) is 13.2 Å². The summed E-state index contributed by atoms with van der Waals surface area (Å²) in [7, 11) is -3.01. The van der Waals surface area contributed by atoms with Crippen molar-refractivity contribution in [2.45, 2.75) is 6.61 Å². The van der Waals surface area contributed by atoms with E-state index in [-0.39, 0.29) is 29.8 Å². The van der Waals surface area contributed by atoms with E-state index in [1.54, 1.807) is 29.2 Å². The second-order valence-corrected chi connectivity index (χ2v) is 10.4. The van der Waals surface area contributed by atoms with Crippen LogP contribution in [0.3, 0.4) is 0 Å². The zero-order valence-corrected chi connectivity index (χ0v) is 19.4. The molecule has 1 aromatic carbocycles. The number of hydrogen-bond acceptors (Lipinski definition) is 7. The molecule has 2 heterocycles. The summed E-state index contributed by atoms with van der Waals surface area (Å²) in [6.07, 6.45) is 2.64. The van der Waals surface area contributed by atoms with Crippen molar-refractivity contribution in [2.75, 3.05) is 50.5 Å². The van der Waals surface area contributed by atoms with Crippen molar-refractivity contribution in [1.29, 1.82) is 0 Å². The number of aromatic nitrogens is 1. The lowest BCUT2D eigenvalue weighted by Gasteiger charge is -2.34. The van der Waals surface area contributed by atoms with E-state index in [1.807, 2.05) is 4.90 Å². The number of halogens is 2. The Balaban J connectivity index is 1.62. The van der Waals surface area contributed by atoms with Crippen LogP contribution in [0, 0.1) is 0 Å². The molecule has 2 N–H and O–H groups in total. The molecule has 0 unspecified atom stereocenters. The predicted octanol–water partition coefficient (Wildman–Crippen LogP) is 2.35. The maximum atomic E-state index is 12.9. The number of carbonyl (C=O) groups excluding carboxylic acids is 1. The summed E-state index contributed by atoms with van der Waals surface area (Å²) in [6, 6.07) is 6.72. The molecule has 2 aromatic rings. The lowest BCUT2D eigenvalue weighted by Crippen LogP contribution is -2.49. The topological polar surface area (TPSA) is 106 Å². The average molecular weight is 487 g/mol. The van der Waals surface area contributed by atoms with Crippen molar-refractivity contribution in [3.05, 3.63) is 51.6 Å². The van der Waals surface area contributed by atoms with E-state index in [0.717, 1.165) is 0 Å². The fourth-order valence-electron chi connectivity index (χ4n) is 3.16. The number of sulfone groups is 1. The summed E-state index contributed by atoms with van der Waals surface area (Å²) < 4.78 is 28.4. The fraction of sp³-hybridized carbons (Fsp3) is 0.400. The van der Waals surface area contributed by atoms with Crippen LogP contribution in [0.25, 0.3) is 0 Å². The van der Waals surface area contributed by atoms with Crippen molar-refractivity contribution in [3.63, 3.8) is 0 Å². The minimum absolute atomic E-state index is 0.0844. The van der Waals surface area contributed by atoms with Crippen molar-refractivity contribution < 1.29 is 17.9 Å². The quantitative estimate of drug-likeness (QED) is 0.639. The van der Waals surface area contributed by atoms with Crippen molar-refractivity contribution in [1.82, 2.24) is 14.8 Å². The molecule has 31 heavy (non-hydrogen) atoms. The van der Waals surface area contributed by atoms with Gasteiger partial charge < -0.3 is 15.4 Å². The highest BCUT2D eigenvalue weighted by molar-refractivity contribution is 7.90. The lowest BCUT2D eigenvalue weighted by molar-refractivity contribution is 0.0643. The second kappa shape index (κ2) is 10.0. The van der Waals surface area contributed by atoms with Crippen LogP contribution in [0.4, 0.5) is 5.82 Å². The molecule has 0 bridgehead atoms. The summed E-state index contributed by atoms with van der Waals surface area (Å²) in [6.45, 7) is 2.76. The molecule has 1 aliphatic rings. The third kappa shape index (κ3) is 6.46. The molecule has 1 aliphatic heterocycles. The molecule has 0 spiro atoms. The van der Waals surface area contributed by atoms with Crippen molar-refractivity contribution in [2.24, 2.45) is 0 Å². The maximum Gasteiger partial charge on any atom is 0.255 e.